The number of aryl methyl sites for hydroxylation is 1. The fourth-order valence-electron chi connectivity index (χ4n) is 1.88. The Morgan fingerprint density at radius 1 is 1.12 bits per heavy atom. The highest BCUT2D eigenvalue weighted by molar-refractivity contribution is 7.17. The molecule has 1 nitrogen and oxygen atoms in total. The van der Waals surface area contributed by atoms with Crippen molar-refractivity contribution in [3.05, 3.63) is 28.9 Å². The molecule has 2 heteroatoms. The summed E-state index contributed by atoms with van der Waals surface area (Å²) in [7, 11) is 0. The molecule has 17 heavy (non-hydrogen) atoms. The summed E-state index contributed by atoms with van der Waals surface area (Å²) < 4.78 is 1.35. The Balaban J connectivity index is 0.000000330. The third-order valence-corrected chi connectivity index (χ3v) is 3.65. The van der Waals surface area contributed by atoms with Crippen LogP contribution in [0.2, 0.25) is 0 Å². The van der Waals surface area contributed by atoms with Crippen LogP contribution >= 0.6 is 11.3 Å². The molecule has 0 unspecified atom stereocenters. The van der Waals surface area contributed by atoms with Crippen LogP contribution in [0.25, 0.3) is 10.1 Å². The Hall–Kier alpha value is -0.890. The highest BCUT2D eigenvalue weighted by Crippen LogP contribution is 2.45. The molecule has 3 rings (SSSR count). The first-order chi connectivity index (χ1) is 8.36. The third-order valence-electron chi connectivity index (χ3n) is 2.72. The van der Waals surface area contributed by atoms with E-state index >= 15 is 0 Å². The topological polar surface area (TPSA) is 12.9 Å². The number of hydrogen-bond donors (Lipinski definition) is 0. The molecular formula is C15H23NS. The van der Waals surface area contributed by atoms with Crippen molar-refractivity contribution in [3.8, 4) is 0 Å². The van der Waals surface area contributed by atoms with Crippen LogP contribution in [-0.2, 0) is 0 Å². The Morgan fingerprint density at radius 2 is 1.76 bits per heavy atom. The van der Waals surface area contributed by atoms with Crippen molar-refractivity contribution in [2.75, 3.05) is 0 Å². The van der Waals surface area contributed by atoms with E-state index in [2.05, 4.69) is 17.3 Å². The van der Waals surface area contributed by atoms with E-state index in [-0.39, 0.29) is 0 Å². The fraction of sp³-hybridized carbons (Fsp3) is 0.533. The first kappa shape index (κ1) is 14.2. The van der Waals surface area contributed by atoms with Gasteiger partial charge in [-0.05, 0) is 42.2 Å². The maximum atomic E-state index is 4.22. The average Bonchev–Trinajstić information content (AvgIpc) is 3.15. The van der Waals surface area contributed by atoms with Gasteiger partial charge in [-0.3, -0.25) is 4.98 Å². The highest BCUT2D eigenvalue weighted by atomic mass is 32.1. The lowest BCUT2D eigenvalue weighted by Crippen LogP contribution is -1.81. The van der Waals surface area contributed by atoms with Gasteiger partial charge < -0.3 is 0 Å². The zero-order valence-electron chi connectivity index (χ0n) is 11.6. The van der Waals surface area contributed by atoms with E-state index in [1.54, 1.807) is 5.56 Å². The molecule has 2 heterocycles. The third kappa shape index (κ3) is 3.06. The second kappa shape index (κ2) is 6.75. The monoisotopic (exact) mass is 249 g/mol. The van der Waals surface area contributed by atoms with E-state index in [4.69, 9.17) is 0 Å². The highest BCUT2D eigenvalue weighted by Gasteiger charge is 2.26. The largest absolute Gasteiger partial charge is 0.263 e. The Morgan fingerprint density at radius 3 is 2.35 bits per heavy atom. The van der Waals surface area contributed by atoms with Gasteiger partial charge >= 0.3 is 0 Å². The van der Waals surface area contributed by atoms with Gasteiger partial charge in [0.15, 0.2) is 0 Å². The zero-order chi connectivity index (χ0) is 12.8. The molecule has 0 aliphatic heterocycles. The van der Waals surface area contributed by atoms with Crippen LogP contribution in [0.15, 0.2) is 17.8 Å². The van der Waals surface area contributed by atoms with Gasteiger partial charge in [0.25, 0.3) is 0 Å². The number of rotatable bonds is 1. The van der Waals surface area contributed by atoms with E-state index in [0.717, 1.165) is 5.92 Å². The fourth-order valence-corrected chi connectivity index (χ4v) is 2.96. The molecule has 2 aromatic heterocycles. The van der Waals surface area contributed by atoms with Gasteiger partial charge in [-0.25, -0.2) is 0 Å². The minimum Gasteiger partial charge on any atom is -0.263 e. The number of hydrogen-bond acceptors (Lipinski definition) is 2. The van der Waals surface area contributed by atoms with Crippen LogP contribution in [0, 0.1) is 6.92 Å². The maximum absolute atomic E-state index is 4.22. The quantitative estimate of drug-likeness (QED) is 0.647. The zero-order valence-corrected chi connectivity index (χ0v) is 12.4. The molecule has 0 aromatic carbocycles. The van der Waals surface area contributed by atoms with E-state index in [1.165, 1.54) is 28.5 Å². The van der Waals surface area contributed by atoms with E-state index in [1.807, 2.05) is 51.4 Å². The summed E-state index contributed by atoms with van der Waals surface area (Å²) in [6.07, 6.45) is 6.72. The number of pyridine rings is 1. The van der Waals surface area contributed by atoms with Crippen molar-refractivity contribution in [3.63, 3.8) is 0 Å². The first-order valence-electron chi connectivity index (χ1n) is 6.68. The van der Waals surface area contributed by atoms with Gasteiger partial charge in [-0.1, -0.05) is 27.7 Å². The Kier molecular flexibility index (Phi) is 5.63. The standard InChI is InChI=1S/C11H11NS.2C2H6/c1-7-4-12-5-10-11(7)9(6-13-10)8-2-3-8;2*1-2/h4-6,8H,2-3H2,1H3;2*1-2H3. The minimum atomic E-state index is 0.856. The predicted octanol–water partition coefficient (Wildman–Crippen LogP) is 5.53. The lowest BCUT2D eigenvalue weighted by atomic mass is 10.1. The number of nitrogens with zero attached hydrogens (tertiary/aromatic N) is 1. The smallest absolute Gasteiger partial charge is 0.0531 e. The van der Waals surface area contributed by atoms with E-state index < -0.39 is 0 Å². The molecular weight excluding hydrogens is 226 g/mol. The Labute approximate surface area is 109 Å². The summed E-state index contributed by atoms with van der Waals surface area (Å²) in [5, 5.41) is 3.79. The maximum Gasteiger partial charge on any atom is 0.0531 e. The minimum absolute atomic E-state index is 0.856. The molecule has 1 fully saturated rings. The predicted molar refractivity (Wildman–Crippen MR) is 79.0 cm³/mol. The number of fused-ring (bicyclic) bond motifs is 1. The molecule has 1 aliphatic carbocycles. The van der Waals surface area contributed by atoms with Crippen LogP contribution in [0.5, 0.6) is 0 Å². The molecule has 0 radical (unpaired) electrons. The SMILES string of the molecule is CC.CC.Cc1cncc2scc(C3CC3)c12. The normalized spacial score (nSPS) is 13.5. The van der Waals surface area contributed by atoms with E-state index in [9.17, 15) is 0 Å². The second-order valence-corrected chi connectivity index (χ2v) is 4.71. The summed E-state index contributed by atoms with van der Waals surface area (Å²) in [6.45, 7) is 10.2. The first-order valence-corrected chi connectivity index (χ1v) is 7.56. The van der Waals surface area contributed by atoms with Crippen molar-refractivity contribution >= 4 is 21.4 Å². The molecule has 0 N–H and O–H groups in total. The van der Waals surface area contributed by atoms with Crippen LogP contribution in [-0.4, -0.2) is 4.98 Å². The van der Waals surface area contributed by atoms with Crippen LogP contribution in [0.4, 0.5) is 0 Å². The van der Waals surface area contributed by atoms with Crippen molar-refractivity contribution < 1.29 is 0 Å². The molecule has 0 atom stereocenters. The van der Waals surface area contributed by atoms with Crippen LogP contribution < -0.4 is 0 Å². The molecule has 1 aliphatic rings. The Bertz CT molecular complexity index is 455. The lowest BCUT2D eigenvalue weighted by molar-refractivity contribution is 1.16. The lowest BCUT2D eigenvalue weighted by Gasteiger charge is -1.98. The van der Waals surface area contributed by atoms with Crippen LogP contribution in [0.1, 0.15) is 57.6 Å². The van der Waals surface area contributed by atoms with Gasteiger partial charge in [0.1, 0.15) is 0 Å². The molecule has 0 bridgehead atoms. The summed E-state index contributed by atoms with van der Waals surface area (Å²) in [5.74, 6) is 0.856. The molecule has 2 aromatic rings. The molecule has 0 amide bonds. The number of aromatic nitrogens is 1. The van der Waals surface area contributed by atoms with Gasteiger partial charge in [0, 0.05) is 17.8 Å². The second-order valence-electron chi connectivity index (χ2n) is 3.79. The molecule has 0 spiro atoms. The average molecular weight is 249 g/mol. The van der Waals surface area contributed by atoms with E-state index in [0.29, 0.717) is 0 Å². The summed E-state index contributed by atoms with van der Waals surface area (Å²) in [6, 6.07) is 0. The van der Waals surface area contributed by atoms with Crippen molar-refractivity contribution in [2.24, 2.45) is 0 Å². The van der Waals surface area contributed by atoms with Crippen molar-refractivity contribution in [1.29, 1.82) is 0 Å². The van der Waals surface area contributed by atoms with Gasteiger partial charge in [-0.2, -0.15) is 0 Å². The molecule has 1 saturated carbocycles. The molecule has 94 valence electrons. The van der Waals surface area contributed by atoms with Gasteiger partial charge in [0.05, 0.1) is 4.70 Å². The summed E-state index contributed by atoms with van der Waals surface area (Å²) in [4.78, 5) is 4.22. The molecule has 0 saturated heterocycles. The van der Waals surface area contributed by atoms with Gasteiger partial charge in [0.2, 0.25) is 0 Å². The summed E-state index contributed by atoms with van der Waals surface area (Å²) in [5.41, 5.74) is 2.90. The summed E-state index contributed by atoms with van der Waals surface area (Å²) >= 11 is 1.83. The van der Waals surface area contributed by atoms with Crippen molar-refractivity contribution in [1.82, 2.24) is 4.98 Å². The van der Waals surface area contributed by atoms with Crippen LogP contribution in [0.3, 0.4) is 0 Å². The van der Waals surface area contributed by atoms with Gasteiger partial charge in [-0.15, -0.1) is 11.3 Å². The number of thiophene rings is 1. The van der Waals surface area contributed by atoms with Crippen molar-refractivity contribution in [2.45, 2.75) is 53.4 Å².